The molecule has 1 aliphatic heterocycles. The second-order valence-corrected chi connectivity index (χ2v) is 6.25. The molecule has 0 amide bonds. The minimum Gasteiger partial charge on any atom is -0.315 e. The summed E-state index contributed by atoms with van der Waals surface area (Å²) in [4.78, 5) is 31.4. The lowest BCUT2D eigenvalue weighted by Crippen LogP contribution is -2.22. The predicted octanol–water partition coefficient (Wildman–Crippen LogP) is 2.25. The van der Waals surface area contributed by atoms with Crippen LogP contribution in [0.15, 0.2) is 53.6 Å². The number of halogens is 1. The highest BCUT2D eigenvalue weighted by Crippen LogP contribution is 2.31. The van der Waals surface area contributed by atoms with Gasteiger partial charge >= 0.3 is 0 Å². The number of nitrogens with one attached hydrogen (secondary N) is 2. The Labute approximate surface area is 142 Å². The minimum atomic E-state index is -0.414. The highest BCUT2D eigenvalue weighted by atomic mass is 19.1. The third-order valence-electron chi connectivity index (χ3n) is 4.75. The fourth-order valence-corrected chi connectivity index (χ4v) is 3.48. The first kappa shape index (κ1) is 15.7. The number of benzene rings is 2. The van der Waals surface area contributed by atoms with Gasteiger partial charge in [-0.3, -0.25) is 9.59 Å². The van der Waals surface area contributed by atoms with Gasteiger partial charge in [-0.1, -0.05) is 18.2 Å². The van der Waals surface area contributed by atoms with Crippen LogP contribution < -0.4 is 10.9 Å². The first-order valence-corrected chi connectivity index (χ1v) is 8.11. The summed E-state index contributed by atoms with van der Waals surface area (Å²) in [6, 6.07) is 11.2. The molecule has 1 saturated heterocycles. The summed E-state index contributed by atoms with van der Waals surface area (Å²) in [6.07, 6.45) is 1.37. The van der Waals surface area contributed by atoms with E-state index in [0.29, 0.717) is 29.6 Å². The molecule has 4 rings (SSSR count). The molecule has 3 aromatic rings. The number of carbonyl (C=O) groups excluding carboxylic acids is 1. The highest BCUT2D eigenvalue weighted by Gasteiger charge is 2.34. The molecule has 6 heteroatoms. The average molecular weight is 337 g/mol. The summed E-state index contributed by atoms with van der Waals surface area (Å²) in [7, 11) is 0. The van der Waals surface area contributed by atoms with Crippen LogP contribution in [0.25, 0.3) is 10.9 Å². The van der Waals surface area contributed by atoms with E-state index in [2.05, 4.69) is 15.3 Å². The Morgan fingerprint density at radius 2 is 2.04 bits per heavy atom. The summed E-state index contributed by atoms with van der Waals surface area (Å²) in [5.74, 6) is -0.807. The van der Waals surface area contributed by atoms with Crippen molar-refractivity contribution in [3.05, 3.63) is 76.1 Å². The molecule has 2 atom stereocenters. The van der Waals surface area contributed by atoms with Crippen LogP contribution in [0, 0.1) is 11.7 Å². The lowest BCUT2D eigenvalue weighted by Gasteiger charge is -2.18. The number of fused-ring (bicyclic) bond motifs is 1. The number of aromatic amines is 1. The number of hydrogen-bond donors (Lipinski definition) is 2. The Balaban J connectivity index is 1.70. The van der Waals surface area contributed by atoms with E-state index in [4.69, 9.17) is 0 Å². The fraction of sp³-hybridized carbons (Fsp3) is 0.211. The quantitative estimate of drug-likeness (QED) is 0.719. The topological polar surface area (TPSA) is 74.8 Å². The Morgan fingerprint density at radius 1 is 1.16 bits per heavy atom. The molecule has 0 spiro atoms. The summed E-state index contributed by atoms with van der Waals surface area (Å²) in [5, 5.41) is 3.76. The maximum atomic E-state index is 13.4. The minimum absolute atomic E-state index is 0.0405. The van der Waals surface area contributed by atoms with Crippen molar-refractivity contribution in [2.75, 3.05) is 13.1 Å². The molecule has 1 fully saturated rings. The van der Waals surface area contributed by atoms with Gasteiger partial charge in [-0.2, -0.15) is 0 Å². The number of rotatable bonds is 3. The molecule has 25 heavy (non-hydrogen) atoms. The molecule has 0 aliphatic carbocycles. The predicted molar refractivity (Wildman–Crippen MR) is 92.2 cm³/mol. The largest absolute Gasteiger partial charge is 0.315 e. The molecule has 5 nitrogen and oxygen atoms in total. The van der Waals surface area contributed by atoms with Gasteiger partial charge in [-0.25, -0.2) is 9.37 Å². The van der Waals surface area contributed by atoms with Gasteiger partial charge in [0.1, 0.15) is 5.82 Å². The van der Waals surface area contributed by atoms with Gasteiger partial charge in [-0.15, -0.1) is 0 Å². The Bertz CT molecular complexity index is 1010. The molecule has 1 aromatic heterocycles. The van der Waals surface area contributed by atoms with Crippen LogP contribution in [0.3, 0.4) is 0 Å². The van der Waals surface area contributed by atoms with Crippen LogP contribution >= 0.6 is 0 Å². The molecular weight excluding hydrogens is 321 g/mol. The maximum absolute atomic E-state index is 13.4. The van der Waals surface area contributed by atoms with Crippen LogP contribution in [0.1, 0.15) is 21.8 Å². The zero-order valence-electron chi connectivity index (χ0n) is 13.3. The van der Waals surface area contributed by atoms with Crippen molar-refractivity contribution in [1.29, 1.82) is 0 Å². The number of ketones is 1. The second kappa shape index (κ2) is 6.22. The zero-order valence-corrected chi connectivity index (χ0v) is 13.3. The molecule has 0 radical (unpaired) electrons. The van der Waals surface area contributed by atoms with E-state index in [9.17, 15) is 14.0 Å². The molecular formula is C19H16FN3O2. The molecule has 0 bridgehead atoms. The van der Waals surface area contributed by atoms with Crippen molar-refractivity contribution in [3.63, 3.8) is 0 Å². The second-order valence-electron chi connectivity index (χ2n) is 6.25. The number of Topliss-reactive ketones (excluding diaryl/α,β-unsaturated/α-hetero) is 1. The molecule has 2 N–H and O–H groups in total. The summed E-state index contributed by atoms with van der Waals surface area (Å²) in [6.45, 7) is 1.20. The first-order valence-electron chi connectivity index (χ1n) is 8.11. The normalized spacial score (nSPS) is 20.0. The van der Waals surface area contributed by atoms with Crippen molar-refractivity contribution in [2.24, 2.45) is 5.92 Å². The molecule has 2 heterocycles. The molecule has 1 aliphatic rings. The lowest BCUT2D eigenvalue weighted by molar-refractivity contribution is 0.0920. The van der Waals surface area contributed by atoms with Gasteiger partial charge in [0.05, 0.1) is 17.2 Å². The van der Waals surface area contributed by atoms with E-state index in [-0.39, 0.29) is 23.2 Å². The molecule has 0 saturated carbocycles. The van der Waals surface area contributed by atoms with Crippen LogP contribution in [0.2, 0.25) is 0 Å². The third-order valence-corrected chi connectivity index (χ3v) is 4.75. The summed E-state index contributed by atoms with van der Waals surface area (Å²) < 4.78 is 13.4. The number of nitrogens with zero attached hydrogens (tertiary/aromatic N) is 1. The van der Waals surface area contributed by atoms with Crippen LogP contribution in [0.5, 0.6) is 0 Å². The van der Waals surface area contributed by atoms with Gasteiger partial charge in [0.2, 0.25) is 0 Å². The van der Waals surface area contributed by atoms with E-state index in [1.807, 2.05) is 12.1 Å². The standard InChI is InChI=1S/C19H16FN3O2/c20-13-3-1-2-12(6-13)18(24)16-9-21-8-15(16)11-4-5-14-17(7-11)22-10-23-19(14)25/h1-7,10,15-16,21H,8-9H2,(H,22,23,25)/t15-,16+/m1/s1. The number of hydrogen-bond acceptors (Lipinski definition) is 4. The van der Waals surface area contributed by atoms with E-state index >= 15 is 0 Å². The van der Waals surface area contributed by atoms with E-state index in [0.717, 1.165) is 5.56 Å². The summed E-state index contributed by atoms with van der Waals surface area (Å²) in [5.41, 5.74) is 1.75. The maximum Gasteiger partial charge on any atom is 0.258 e. The van der Waals surface area contributed by atoms with Gasteiger partial charge < -0.3 is 10.3 Å². The fourth-order valence-electron chi connectivity index (χ4n) is 3.48. The zero-order chi connectivity index (χ0) is 17.4. The van der Waals surface area contributed by atoms with Gasteiger partial charge in [0.25, 0.3) is 5.56 Å². The van der Waals surface area contributed by atoms with Crippen LogP contribution in [0.4, 0.5) is 4.39 Å². The SMILES string of the molecule is O=C(c1cccc(F)c1)[C@H]1CNC[C@@H]1c1ccc2c(=O)[nH]cnc2c1. The van der Waals surface area contributed by atoms with Gasteiger partial charge in [-0.05, 0) is 29.8 Å². The molecule has 0 unspecified atom stereocenters. The van der Waals surface area contributed by atoms with Gasteiger partial charge in [0, 0.05) is 30.5 Å². The van der Waals surface area contributed by atoms with Crippen LogP contribution in [-0.2, 0) is 0 Å². The summed E-state index contributed by atoms with van der Waals surface area (Å²) >= 11 is 0. The Kier molecular flexibility index (Phi) is 3.89. The molecule has 126 valence electrons. The number of H-pyrrole nitrogens is 1. The van der Waals surface area contributed by atoms with Gasteiger partial charge in [0.15, 0.2) is 5.78 Å². The van der Waals surface area contributed by atoms with E-state index in [1.165, 1.54) is 18.5 Å². The average Bonchev–Trinajstić information content (AvgIpc) is 3.11. The Morgan fingerprint density at radius 3 is 2.88 bits per heavy atom. The highest BCUT2D eigenvalue weighted by molar-refractivity contribution is 5.99. The third kappa shape index (κ3) is 2.85. The van der Waals surface area contributed by atoms with Crippen molar-refractivity contribution >= 4 is 16.7 Å². The van der Waals surface area contributed by atoms with Crippen molar-refractivity contribution < 1.29 is 9.18 Å². The molecule has 2 aromatic carbocycles. The van der Waals surface area contributed by atoms with E-state index in [1.54, 1.807) is 18.2 Å². The number of aromatic nitrogens is 2. The van der Waals surface area contributed by atoms with Crippen LogP contribution in [-0.4, -0.2) is 28.8 Å². The smallest absolute Gasteiger partial charge is 0.258 e. The van der Waals surface area contributed by atoms with Crippen molar-refractivity contribution in [2.45, 2.75) is 5.92 Å². The number of carbonyl (C=O) groups is 1. The first-order chi connectivity index (χ1) is 12.1. The lowest BCUT2D eigenvalue weighted by atomic mass is 9.83. The van der Waals surface area contributed by atoms with E-state index < -0.39 is 5.82 Å². The van der Waals surface area contributed by atoms with Crippen molar-refractivity contribution in [3.8, 4) is 0 Å². The monoisotopic (exact) mass is 337 g/mol. The van der Waals surface area contributed by atoms with Crippen molar-refractivity contribution in [1.82, 2.24) is 15.3 Å². The Hall–Kier alpha value is -2.86.